The van der Waals surface area contributed by atoms with E-state index in [0.29, 0.717) is 24.6 Å². The Labute approximate surface area is 140 Å². The van der Waals surface area contributed by atoms with Gasteiger partial charge in [0, 0.05) is 30.7 Å². The molecule has 126 valence electrons. The van der Waals surface area contributed by atoms with Crippen LogP contribution in [0.25, 0.3) is 0 Å². The number of nitrogens with zero attached hydrogens (tertiary/aromatic N) is 4. The molecule has 2 aromatic heterocycles. The third kappa shape index (κ3) is 2.91. The van der Waals surface area contributed by atoms with Crippen LogP contribution in [0.3, 0.4) is 0 Å². The monoisotopic (exact) mass is 326 g/mol. The van der Waals surface area contributed by atoms with Crippen molar-refractivity contribution in [3.63, 3.8) is 0 Å². The van der Waals surface area contributed by atoms with E-state index < -0.39 is 0 Å². The molecule has 1 aliphatic heterocycles. The van der Waals surface area contributed by atoms with E-state index in [9.17, 15) is 4.79 Å². The van der Waals surface area contributed by atoms with Gasteiger partial charge < -0.3 is 15.2 Å². The van der Waals surface area contributed by atoms with Crippen molar-refractivity contribution in [3.05, 3.63) is 40.5 Å². The molecule has 2 aromatic rings. The van der Waals surface area contributed by atoms with E-state index in [-0.39, 0.29) is 5.91 Å². The molecule has 0 radical (unpaired) electrons. The van der Waals surface area contributed by atoms with Crippen molar-refractivity contribution < 1.29 is 4.79 Å². The molecule has 2 N–H and O–H groups in total. The third-order valence-corrected chi connectivity index (χ3v) is 4.75. The van der Waals surface area contributed by atoms with Crippen LogP contribution in [0, 0.1) is 6.92 Å². The van der Waals surface area contributed by atoms with E-state index in [1.807, 2.05) is 17.7 Å². The molecule has 0 unspecified atom stereocenters. The molecule has 0 fully saturated rings. The number of nitrogens with one attached hydrogen (secondary N) is 2. The van der Waals surface area contributed by atoms with Gasteiger partial charge in [0.2, 0.25) is 0 Å². The van der Waals surface area contributed by atoms with E-state index in [1.54, 1.807) is 0 Å². The molecule has 0 saturated heterocycles. The number of carbonyl (C=O) groups excluding carboxylic acids is 1. The first-order valence-corrected chi connectivity index (χ1v) is 8.61. The molecule has 1 amide bonds. The van der Waals surface area contributed by atoms with Gasteiger partial charge in [0.05, 0.1) is 13.1 Å². The number of amides is 1. The van der Waals surface area contributed by atoms with Crippen LogP contribution < -0.4 is 10.6 Å². The molecule has 2 aliphatic rings. The molecule has 3 heterocycles. The van der Waals surface area contributed by atoms with Crippen LogP contribution in [0.5, 0.6) is 0 Å². The summed E-state index contributed by atoms with van der Waals surface area (Å²) >= 11 is 0. The Morgan fingerprint density at radius 1 is 1.29 bits per heavy atom. The maximum atomic E-state index is 12.3. The van der Waals surface area contributed by atoms with Crippen LogP contribution in [0.15, 0.2) is 6.20 Å². The summed E-state index contributed by atoms with van der Waals surface area (Å²) in [4.78, 5) is 25.9. The Hall–Kier alpha value is -2.28. The minimum atomic E-state index is -0.170. The fourth-order valence-electron chi connectivity index (χ4n) is 3.47. The zero-order valence-corrected chi connectivity index (χ0v) is 13.9. The van der Waals surface area contributed by atoms with Crippen molar-refractivity contribution in [2.45, 2.75) is 52.2 Å². The fourth-order valence-corrected chi connectivity index (χ4v) is 3.47. The number of carbonyl (C=O) groups is 1. The number of aromatic nitrogens is 4. The van der Waals surface area contributed by atoms with Crippen LogP contribution in [0.1, 0.15) is 51.9 Å². The lowest BCUT2D eigenvalue weighted by Gasteiger charge is -2.17. The van der Waals surface area contributed by atoms with Crippen LogP contribution in [0.4, 0.5) is 0 Å². The fraction of sp³-hybridized carbons (Fsp3) is 0.529. The van der Waals surface area contributed by atoms with Gasteiger partial charge in [-0.1, -0.05) is 0 Å². The highest BCUT2D eigenvalue weighted by Gasteiger charge is 2.18. The van der Waals surface area contributed by atoms with Gasteiger partial charge in [0.25, 0.3) is 5.91 Å². The maximum absolute atomic E-state index is 12.3. The molecule has 0 atom stereocenters. The van der Waals surface area contributed by atoms with Crippen molar-refractivity contribution in [1.82, 2.24) is 30.2 Å². The number of rotatable bonds is 3. The van der Waals surface area contributed by atoms with Crippen LogP contribution in [0.2, 0.25) is 0 Å². The summed E-state index contributed by atoms with van der Waals surface area (Å²) in [6, 6.07) is 0. The topological polar surface area (TPSA) is 84.7 Å². The molecule has 0 bridgehead atoms. The van der Waals surface area contributed by atoms with Gasteiger partial charge >= 0.3 is 0 Å². The second-order valence-corrected chi connectivity index (χ2v) is 6.45. The predicted octanol–water partition coefficient (Wildman–Crippen LogP) is 0.894. The summed E-state index contributed by atoms with van der Waals surface area (Å²) in [5, 5.41) is 6.15. The van der Waals surface area contributed by atoms with Crippen molar-refractivity contribution in [2.75, 3.05) is 6.54 Å². The zero-order valence-electron chi connectivity index (χ0n) is 13.9. The SMILES string of the molecule is Cc1nc(CNC(=O)c2cn3c(n2)CNCC3)nc2c1CCCC2. The van der Waals surface area contributed by atoms with Gasteiger partial charge in [-0.05, 0) is 38.2 Å². The van der Waals surface area contributed by atoms with E-state index >= 15 is 0 Å². The highest BCUT2D eigenvalue weighted by molar-refractivity contribution is 5.92. The number of aryl methyl sites for hydroxylation is 2. The van der Waals surface area contributed by atoms with Gasteiger partial charge in [-0.15, -0.1) is 0 Å². The van der Waals surface area contributed by atoms with Gasteiger partial charge in [0.15, 0.2) is 0 Å². The van der Waals surface area contributed by atoms with Crippen LogP contribution in [-0.2, 0) is 32.5 Å². The molecule has 4 rings (SSSR count). The average molecular weight is 326 g/mol. The summed E-state index contributed by atoms with van der Waals surface area (Å²) in [5.41, 5.74) is 3.96. The molecule has 7 nitrogen and oxygen atoms in total. The van der Waals surface area contributed by atoms with Crippen molar-refractivity contribution in [1.29, 1.82) is 0 Å². The summed E-state index contributed by atoms with van der Waals surface area (Å²) in [6.45, 7) is 4.84. The molecular formula is C17H22N6O. The zero-order chi connectivity index (χ0) is 16.5. The maximum Gasteiger partial charge on any atom is 0.271 e. The first-order chi connectivity index (χ1) is 11.7. The number of hydrogen-bond acceptors (Lipinski definition) is 5. The van der Waals surface area contributed by atoms with Gasteiger partial charge in [0.1, 0.15) is 17.3 Å². The first kappa shape index (κ1) is 15.3. The Balaban J connectivity index is 1.45. The minimum absolute atomic E-state index is 0.170. The molecule has 0 saturated carbocycles. The van der Waals surface area contributed by atoms with Crippen molar-refractivity contribution in [2.24, 2.45) is 0 Å². The molecular weight excluding hydrogens is 304 g/mol. The van der Waals surface area contributed by atoms with Crippen molar-refractivity contribution in [3.8, 4) is 0 Å². The molecule has 0 spiro atoms. The molecule has 7 heteroatoms. The van der Waals surface area contributed by atoms with E-state index in [1.165, 1.54) is 18.4 Å². The second-order valence-electron chi connectivity index (χ2n) is 6.45. The lowest BCUT2D eigenvalue weighted by atomic mass is 9.95. The smallest absolute Gasteiger partial charge is 0.271 e. The lowest BCUT2D eigenvalue weighted by molar-refractivity contribution is 0.0945. The summed E-state index contributed by atoms with van der Waals surface area (Å²) in [7, 11) is 0. The quantitative estimate of drug-likeness (QED) is 0.875. The average Bonchev–Trinajstić information content (AvgIpc) is 3.04. The standard InChI is InChI=1S/C17H22N6O/c1-11-12-4-2-3-5-13(12)21-15(20-11)8-19-17(24)14-10-23-7-6-18-9-16(23)22-14/h10,18H,2-9H2,1H3,(H,19,24). The lowest BCUT2D eigenvalue weighted by Crippen LogP contribution is -2.27. The number of fused-ring (bicyclic) bond motifs is 2. The normalized spacial score (nSPS) is 16.4. The van der Waals surface area contributed by atoms with E-state index in [0.717, 1.165) is 43.1 Å². The van der Waals surface area contributed by atoms with E-state index in [2.05, 4.69) is 25.6 Å². The Morgan fingerprint density at radius 3 is 3.04 bits per heavy atom. The number of imidazole rings is 1. The van der Waals surface area contributed by atoms with Gasteiger partial charge in [-0.2, -0.15) is 0 Å². The first-order valence-electron chi connectivity index (χ1n) is 8.61. The Bertz CT molecular complexity index is 758. The molecule has 0 aromatic carbocycles. The minimum Gasteiger partial charge on any atom is -0.343 e. The highest BCUT2D eigenvalue weighted by atomic mass is 16.1. The van der Waals surface area contributed by atoms with Crippen LogP contribution >= 0.6 is 0 Å². The number of hydrogen-bond donors (Lipinski definition) is 2. The van der Waals surface area contributed by atoms with Crippen LogP contribution in [-0.4, -0.2) is 32.0 Å². The summed E-state index contributed by atoms with van der Waals surface area (Å²) in [6.07, 6.45) is 6.31. The van der Waals surface area contributed by atoms with Crippen molar-refractivity contribution >= 4 is 5.91 Å². The highest BCUT2D eigenvalue weighted by Crippen LogP contribution is 2.21. The van der Waals surface area contributed by atoms with Gasteiger partial charge in [-0.3, -0.25) is 4.79 Å². The molecule has 24 heavy (non-hydrogen) atoms. The largest absolute Gasteiger partial charge is 0.343 e. The summed E-state index contributed by atoms with van der Waals surface area (Å²) < 4.78 is 2.03. The Kier molecular flexibility index (Phi) is 4.02. The summed E-state index contributed by atoms with van der Waals surface area (Å²) in [5.74, 6) is 1.43. The van der Waals surface area contributed by atoms with E-state index in [4.69, 9.17) is 0 Å². The second kappa shape index (κ2) is 6.32. The third-order valence-electron chi connectivity index (χ3n) is 4.75. The van der Waals surface area contributed by atoms with Gasteiger partial charge in [-0.25, -0.2) is 15.0 Å². The Morgan fingerprint density at radius 2 is 2.17 bits per heavy atom. The molecule has 1 aliphatic carbocycles. The predicted molar refractivity (Wildman–Crippen MR) is 88.5 cm³/mol.